The largest absolute Gasteiger partial charge is 0.435 e. The Kier molecular flexibility index (Phi) is 3.05. The zero-order valence-electron chi connectivity index (χ0n) is 12.4. The van der Waals surface area contributed by atoms with Crippen LogP contribution in [-0.2, 0) is 0 Å². The minimum atomic E-state index is -0.181. The van der Waals surface area contributed by atoms with Crippen LogP contribution in [0.15, 0.2) is 70.0 Å². The third-order valence-electron chi connectivity index (χ3n) is 3.59. The molecule has 0 aliphatic rings. The van der Waals surface area contributed by atoms with Crippen LogP contribution >= 0.6 is 0 Å². The lowest BCUT2D eigenvalue weighted by Gasteiger charge is -2.08. The summed E-state index contributed by atoms with van der Waals surface area (Å²) in [5, 5.41) is 0. The molecule has 0 bridgehead atoms. The number of hydrogen-bond donors (Lipinski definition) is 0. The van der Waals surface area contributed by atoms with Gasteiger partial charge >= 0.3 is 0 Å². The molecule has 0 amide bonds. The lowest BCUT2D eigenvalue weighted by Crippen LogP contribution is -2.19. The highest BCUT2D eigenvalue weighted by Crippen LogP contribution is 2.25. The van der Waals surface area contributed by atoms with Crippen LogP contribution in [0, 0.1) is 6.92 Å². The summed E-state index contributed by atoms with van der Waals surface area (Å²) in [6, 6.07) is 16.2. The number of fused-ring (bicyclic) bond motifs is 1. The number of benzene rings is 1. The van der Waals surface area contributed by atoms with Gasteiger partial charge in [-0.15, -0.1) is 0 Å². The molecule has 0 atom stereocenters. The van der Waals surface area contributed by atoms with E-state index in [1.807, 2.05) is 31.2 Å². The molecular weight excluding hydrogens is 290 g/mol. The van der Waals surface area contributed by atoms with Gasteiger partial charge in [0.25, 0.3) is 5.56 Å². The average molecular weight is 303 g/mol. The normalized spacial score (nSPS) is 11.0. The van der Waals surface area contributed by atoms with E-state index in [4.69, 9.17) is 4.42 Å². The lowest BCUT2D eigenvalue weighted by molar-refractivity contribution is 0.612. The van der Waals surface area contributed by atoms with Gasteiger partial charge in [-0.3, -0.25) is 9.36 Å². The summed E-state index contributed by atoms with van der Waals surface area (Å²) in [5.41, 5.74) is 2.95. The summed E-state index contributed by atoms with van der Waals surface area (Å²) in [5.74, 6) is 0.931. The number of rotatable bonds is 2. The van der Waals surface area contributed by atoms with E-state index in [1.165, 1.54) is 10.6 Å². The highest BCUT2D eigenvalue weighted by molar-refractivity contribution is 5.76. The molecule has 1 aromatic carbocycles. The maximum absolute atomic E-state index is 12.3. The smallest absolute Gasteiger partial charge is 0.256 e. The second-order valence-electron chi connectivity index (χ2n) is 5.26. The second-order valence-corrected chi connectivity index (χ2v) is 5.26. The van der Waals surface area contributed by atoms with Gasteiger partial charge in [-0.2, -0.15) is 0 Å². The first-order valence-corrected chi connectivity index (χ1v) is 7.23. The van der Waals surface area contributed by atoms with Gasteiger partial charge in [0, 0.05) is 12.3 Å². The van der Waals surface area contributed by atoms with Gasteiger partial charge in [-0.05, 0) is 42.8 Å². The molecule has 0 aliphatic heterocycles. The molecule has 0 aliphatic carbocycles. The van der Waals surface area contributed by atoms with Crippen molar-refractivity contribution in [3.8, 4) is 17.4 Å². The van der Waals surface area contributed by atoms with Crippen molar-refractivity contribution in [3.63, 3.8) is 0 Å². The van der Waals surface area contributed by atoms with Crippen LogP contribution in [-0.4, -0.2) is 14.5 Å². The molecule has 3 heterocycles. The number of aryl methyl sites for hydroxylation is 1. The molecule has 5 nitrogen and oxygen atoms in total. The molecule has 0 N–H and O–H groups in total. The van der Waals surface area contributed by atoms with Gasteiger partial charge < -0.3 is 4.42 Å². The van der Waals surface area contributed by atoms with Gasteiger partial charge in [-0.1, -0.05) is 18.2 Å². The first-order chi connectivity index (χ1) is 11.2. The van der Waals surface area contributed by atoms with Crippen molar-refractivity contribution in [1.82, 2.24) is 14.5 Å². The number of pyridine rings is 2. The number of aromatic nitrogens is 3. The van der Waals surface area contributed by atoms with Gasteiger partial charge in [0.05, 0.1) is 0 Å². The molecule has 112 valence electrons. The van der Waals surface area contributed by atoms with Gasteiger partial charge in [0.15, 0.2) is 5.58 Å². The Morgan fingerprint density at radius 2 is 1.96 bits per heavy atom. The Morgan fingerprint density at radius 1 is 1.04 bits per heavy atom. The van der Waals surface area contributed by atoms with E-state index in [0.717, 1.165) is 11.1 Å². The highest BCUT2D eigenvalue weighted by atomic mass is 16.3. The highest BCUT2D eigenvalue weighted by Gasteiger charge is 2.14. The van der Waals surface area contributed by atoms with Crippen LogP contribution in [0.2, 0.25) is 0 Å². The monoisotopic (exact) mass is 303 g/mol. The van der Waals surface area contributed by atoms with Crippen LogP contribution < -0.4 is 5.56 Å². The Balaban J connectivity index is 1.98. The molecule has 0 radical (unpaired) electrons. The third kappa shape index (κ3) is 2.32. The minimum absolute atomic E-state index is 0.181. The fourth-order valence-electron chi connectivity index (χ4n) is 2.53. The predicted molar refractivity (Wildman–Crippen MR) is 87.6 cm³/mol. The second kappa shape index (κ2) is 5.21. The van der Waals surface area contributed by atoms with E-state index in [2.05, 4.69) is 9.97 Å². The summed E-state index contributed by atoms with van der Waals surface area (Å²) in [6.07, 6.45) is 1.65. The molecule has 5 heteroatoms. The van der Waals surface area contributed by atoms with Crippen LogP contribution in [0.3, 0.4) is 0 Å². The molecule has 0 saturated heterocycles. The number of nitrogens with zero attached hydrogens (tertiary/aromatic N) is 3. The fourth-order valence-corrected chi connectivity index (χ4v) is 2.53. The molecule has 0 spiro atoms. The molecule has 0 saturated carbocycles. The molecule has 23 heavy (non-hydrogen) atoms. The number of oxazole rings is 1. The molecule has 0 unspecified atom stereocenters. The zero-order valence-corrected chi connectivity index (χ0v) is 12.4. The SMILES string of the molecule is Cc1ccc2oc(-c3cccc(=O)n3-c3ccccn3)nc2c1. The molecular formula is C18H13N3O2. The first-order valence-electron chi connectivity index (χ1n) is 7.23. The minimum Gasteiger partial charge on any atom is -0.435 e. The molecule has 4 aromatic rings. The first kappa shape index (κ1) is 13.5. The zero-order chi connectivity index (χ0) is 15.8. The summed E-state index contributed by atoms with van der Waals surface area (Å²) in [6.45, 7) is 2.00. The van der Waals surface area contributed by atoms with E-state index in [9.17, 15) is 4.79 Å². The van der Waals surface area contributed by atoms with Crippen molar-refractivity contribution in [2.45, 2.75) is 6.92 Å². The topological polar surface area (TPSA) is 60.9 Å². The van der Waals surface area contributed by atoms with Crippen LogP contribution in [0.5, 0.6) is 0 Å². The molecule has 4 rings (SSSR count). The standard InChI is InChI=1S/C18H13N3O2/c1-12-8-9-15-13(11-12)20-18(23-15)14-5-4-7-17(22)21(14)16-6-2-3-10-19-16/h2-11H,1H3. The summed E-state index contributed by atoms with van der Waals surface area (Å²) in [4.78, 5) is 21.1. The summed E-state index contributed by atoms with van der Waals surface area (Å²) >= 11 is 0. The Bertz CT molecular complexity index is 1050. The van der Waals surface area contributed by atoms with Crippen molar-refractivity contribution >= 4 is 11.1 Å². The van der Waals surface area contributed by atoms with Crippen molar-refractivity contribution in [3.05, 3.63) is 76.7 Å². The van der Waals surface area contributed by atoms with E-state index >= 15 is 0 Å². The Hall–Kier alpha value is -3.21. The van der Waals surface area contributed by atoms with Crippen molar-refractivity contribution in [1.29, 1.82) is 0 Å². The molecule has 0 fully saturated rings. The maximum Gasteiger partial charge on any atom is 0.256 e. The van der Waals surface area contributed by atoms with Gasteiger partial charge in [0.1, 0.15) is 17.0 Å². The van der Waals surface area contributed by atoms with Gasteiger partial charge in [0.2, 0.25) is 5.89 Å². The Labute approximate surface area is 131 Å². The van der Waals surface area contributed by atoms with E-state index < -0.39 is 0 Å². The van der Waals surface area contributed by atoms with Crippen molar-refractivity contribution in [2.75, 3.05) is 0 Å². The maximum atomic E-state index is 12.3. The number of hydrogen-bond acceptors (Lipinski definition) is 4. The van der Waals surface area contributed by atoms with Crippen molar-refractivity contribution in [2.24, 2.45) is 0 Å². The van der Waals surface area contributed by atoms with E-state index in [1.54, 1.807) is 30.5 Å². The molecule has 3 aromatic heterocycles. The lowest BCUT2D eigenvalue weighted by atomic mass is 10.2. The average Bonchev–Trinajstić information content (AvgIpc) is 2.98. The van der Waals surface area contributed by atoms with Crippen molar-refractivity contribution < 1.29 is 4.42 Å². The quantitative estimate of drug-likeness (QED) is 0.570. The summed E-state index contributed by atoms with van der Waals surface area (Å²) < 4.78 is 7.33. The van der Waals surface area contributed by atoms with E-state index in [-0.39, 0.29) is 5.56 Å². The van der Waals surface area contributed by atoms with Crippen LogP contribution in [0.25, 0.3) is 28.5 Å². The van der Waals surface area contributed by atoms with Crippen LogP contribution in [0.1, 0.15) is 5.56 Å². The van der Waals surface area contributed by atoms with Crippen LogP contribution in [0.4, 0.5) is 0 Å². The van der Waals surface area contributed by atoms with Gasteiger partial charge in [-0.25, -0.2) is 9.97 Å². The Morgan fingerprint density at radius 3 is 2.78 bits per heavy atom. The summed E-state index contributed by atoms with van der Waals surface area (Å²) in [7, 11) is 0. The predicted octanol–water partition coefficient (Wildman–Crippen LogP) is 3.35. The fraction of sp³-hybridized carbons (Fsp3) is 0.0556. The van der Waals surface area contributed by atoms with E-state index in [0.29, 0.717) is 23.0 Å². The third-order valence-corrected chi connectivity index (χ3v) is 3.59.